The van der Waals surface area contributed by atoms with Crippen molar-refractivity contribution in [2.24, 2.45) is 0 Å². The second kappa shape index (κ2) is 7.73. The summed E-state index contributed by atoms with van der Waals surface area (Å²) in [6, 6.07) is 4.75. The molecule has 7 heteroatoms. The molecule has 0 saturated heterocycles. The minimum atomic E-state index is -0.454. The minimum Gasteiger partial charge on any atom is -0.484 e. The number of hydrogen-bond donors (Lipinski definition) is 1. The van der Waals surface area contributed by atoms with Crippen molar-refractivity contribution < 1.29 is 19.1 Å². The van der Waals surface area contributed by atoms with Gasteiger partial charge in [0.25, 0.3) is 0 Å². The number of ether oxygens (including phenoxy) is 2. The molecule has 0 atom stereocenters. The lowest BCUT2D eigenvalue weighted by atomic mass is 10.1. The second-order valence-corrected chi connectivity index (χ2v) is 5.98. The summed E-state index contributed by atoms with van der Waals surface area (Å²) in [7, 11) is 0. The summed E-state index contributed by atoms with van der Waals surface area (Å²) in [5, 5.41) is 0.801. The summed E-state index contributed by atoms with van der Waals surface area (Å²) in [6.45, 7) is 5.19. The summed E-state index contributed by atoms with van der Waals surface area (Å²) in [6.07, 6.45) is 0. The normalized spacial score (nSPS) is 10.5. The molecule has 5 nitrogen and oxygen atoms in total. The predicted octanol–water partition coefficient (Wildman–Crippen LogP) is 4.38. The Kier molecular flexibility index (Phi) is 5.91. The molecule has 0 bridgehead atoms. The van der Waals surface area contributed by atoms with E-state index < -0.39 is 5.97 Å². The van der Waals surface area contributed by atoms with E-state index in [2.05, 4.69) is 4.98 Å². The lowest BCUT2D eigenvalue weighted by molar-refractivity contribution is 0.0525. The Labute approximate surface area is 149 Å². The van der Waals surface area contributed by atoms with E-state index in [0.717, 1.165) is 0 Å². The van der Waals surface area contributed by atoms with Crippen LogP contribution in [0.4, 0.5) is 0 Å². The van der Waals surface area contributed by atoms with Crippen molar-refractivity contribution in [3.05, 3.63) is 50.8 Å². The molecule has 0 unspecified atom stereocenters. The molecular weight excluding hydrogens is 353 g/mol. The van der Waals surface area contributed by atoms with Crippen LogP contribution in [0.15, 0.2) is 18.2 Å². The fourth-order valence-electron chi connectivity index (χ4n) is 2.35. The van der Waals surface area contributed by atoms with Crippen molar-refractivity contribution >= 4 is 35.0 Å². The van der Waals surface area contributed by atoms with E-state index in [-0.39, 0.29) is 19.0 Å². The van der Waals surface area contributed by atoms with Crippen LogP contribution in [-0.2, 0) is 4.74 Å². The molecule has 0 fully saturated rings. The Hall–Kier alpha value is -1.98. The number of ketones is 1. The average Bonchev–Trinajstić information content (AvgIpc) is 2.81. The number of Topliss-reactive ketones (excluding diaryl/α,β-unsaturated/α-hetero) is 1. The van der Waals surface area contributed by atoms with Crippen molar-refractivity contribution in [1.82, 2.24) is 4.98 Å². The average molecular weight is 370 g/mol. The zero-order valence-electron chi connectivity index (χ0n) is 13.5. The van der Waals surface area contributed by atoms with Crippen molar-refractivity contribution in [1.29, 1.82) is 0 Å². The van der Waals surface area contributed by atoms with E-state index >= 15 is 0 Å². The maximum atomic E-state index is 12.4. The Morgan fingerprint density at radius 1 is 1.21 bits per heavy atom. The number of rotatable bonds is 6. The van der Waals surface area contributed by atoms with Gasteiger partial charge in [0.2, 0.25) is 5.78 Å². The lowest BCUT2D eigenvalue weighted by Gasteiger charge is -2.07. The van der Waals surface area contributed by atoms with E-state index in [4.69, 9.17) is 32.7 Å². The molecule has 0 aliphatic rings. The molecule has 24 heavy (non-hydrogen) atoms. The fourth-order valence-corrected chi connectivity index (χ4v) is 2.81. The van der Waals surface area contributed by atoms with Crippen LogP contribution in [0.1, 0.15) is 39.0 Å². The zero-order chi connectivity index (χ0) is 17.9. The number of H-pyrrole nitrogens is 1. The lowest BCUT2D eigenvalue weighted by Crippen LogP contribution is -2.14. The summed E-state index contributed by atoms with van der Waals surface area (Å²) >= 11 is 11.8. The van der Waals surface area contributed by atoms with Gasteiger partial charge >= 0.3 is 5.97 Å². The van der Waals surface area contributed by atoms with E-state index in [9.17, 15) is 9.59 Å². The molecule has 0 radical (unpaired) electrons. The number of carbonyl (C=O) groups excluding carboxylic acids is 2. The number of aromatic amines is 1. The van der Waals surface area contributed by atoms with Crippen molar-refractivity contribution in [3.8, 4) is 5.75 Å². The van der Waals surface area contributed by atoms with Crippen LogP contribution in [-0.4, -0.2) is 30.0 Å². The largest absolute Gasteiger partial charge is 0.484 e. The molecule has 0 amide bonds. The molecule has 1 aromatic heterocycles. The van der Waals surface area contributed by atoms with Crippen molar-refractivity contribution in [2.45, 2.75) is 20.8 Å². The summed E-state index contributed by atoms with van der Waals surface area (Å²) in [4.78, 5) is 27.3. The topological polar surface area (TPSA) is 68.4 Å². The third kappa shape index (κ3) is 3.91. The number of hydrogen-bond acceptors (Lipinski definition) is 4. The highest BCUT2D eigenvalue weighted by atomic mass is 35.5. The maximum Gasteiger partial charge on any atom is 0.340 e. The monoisotopic (exact) mass is 369 g/mol. The fraction of sp³-hybridized carbons (Fsp3) is 0.294. The Balaban J connectivity index is 2.15. The van der Waals surface area contributed by atoms with Crippen LogP contribution in [0.25, 0.3) is 0 Å². The van der Waals surface area contributed by atoms with Gasteiger partial charge in [0.05, 0.1) is 22.9 Å². The van der Waals surface area contributed by atoms with E-state index in [1.54, 1.807) is 32.9 Å². The first kappa shape index (κ1) is 18.4. The van der Waals surface area contributed by atoms with Crippen molar-refractivity contribution in [2.75, 3.05) is 13.2 Å². The molecule has 0 spiro atoms. The molecule has 2 aromatic rings. The van der Waals surface area contributed by atoms with Crippen LogP contribution in [0.3, 0.4) is 0 Å². The molecule has 2 rings (SSSR count). The van der Waals surface area contributed by atoms with E-state index in [0.29, 0.717) is 38.3 Å². The summed E-state index contributed by atoms with van der Waals surface area (Å²) in [5.41, 5.74) is 1.82. The SMILES string of the molecule is CCOC(=O)c1c(C)[nH]c(C(=O)COc2ccc(Cl)cc2Cl)c1C. The molecule has 0 aliphatic heterocycles. The first-order chi connectivity index (χ1) is 11.3. The van der Waals surface area contributed by atoms with Crippen LogP contribution >= 0.6 is 23.2 Å². The van der Waals surface area contributed by atoms with Gasteiger partial charge in [0.1, 0.15) is 5.75 Å². The number of aromatic nitrogens is 1. The number of nitrogens with one attached hydrogen (secondary N) is 1. The van der Waals surface area contributed by atoms with Gasteiger partial charge < -0.3 is 14.5 Å². The van der Waals surface area contributed by atoms with E-state index in [1.165, 1.54) is 6.07 Å². The third-order valence-electron chi connectivity index (χ3n) is 3.45. The molecule has 1 heterocycles. The minimum absolute atomic E-state index is 0.218. The van der Waals surface area contributed by atoms with Crippen LogP contribution < -0.4 is 4.74 Å². The smallest absolute Gasteiger partial charge is 0.340 e. The molecular formula is C17H17Cl2NO4. The Morgan fingerprint density at radius 2 is 1.92 bits per heavy atom. The van der Waals surface area contributed by atoms with Crippen LogP contribution in [0.5, 0.6) is 5.75 Å². The Bertz CT molecular complexity index is 783. The number of aryl methyl sites for hydroxylation is 1. The van der Waals surface area contributed by atoms with Gasteiger partial charge in [-0.05, 0) is 44.5 Å². The highest BCUT2D eigenvalue weighted by molar-refractivity contribution is 6.35. The molecule has 128 valence electrons. The maximum absolute atomic E-state index is 12.4. The van der Waals surface area contributed by atoms with Gasteiger partial charge in [-0.25, -0.2) is 4.79 Å². The second-order valence-electron chi connectivity index (χ2n) is 5.13. The van der Waals surface area contributed by atoms with Gasteiger partial charge in [0.15, 0.2) is 6.61 Å². The van der Waals surface area contributed by atoms with Gasteiger partial charge in [-0.1, -0.05) is 23.2 Å². The number of benzene rings is 1. The van der Waals surface area contributed by atoms with Gasteiger partial charge in [-0.3, -0.25) is 4.79 Å². The van der Waals surface area contributed by atoms with E-state index in [1.807, 2.05) is 0 Å². The Morgan fingerprint density at radius 3 is 2.54 bits per heavy atom. The zero-order valence-corrected chi connectivity index (χ0v) is 15.0. The summed E-state index contributed by atoms with van der Waals surface area (Å²) < 4.78 is 10.5. The standard InChI is InChI=1S/C17H17Cl2NO4/c1-4-23-17(22)15-9(2)16(20-10(15)3)13(21)8-24-14-6-5-11(18)7-12(14)19/h5-7,20H,4,8H2,1-3H3. The third-order valence-corrected chi connectivity index (χ3v) is 3.98. The van der Waals surface area contributed by atoms with Gasteiger partial charge in [-0.2, -0.15) is 0 Å². The molecule has 0 saturated carbocycles. The number of esters is 1. The van der Waals surface area contributed by atoms with Gasteiger partial charge in [-0.15, -0.1) is 0 Å². The highest BCUT2D eigenvalue weighted by Crippen LogP contribution is 2.28. The van der Waals surface area contributed by atoms with Crippen LogP contribution in [0, 0.1) is 13.8 Å². The van der Waals surface area contributed by atoms with Crippen LogP contribution in [0.2, 0.25) is 10.0 Å². The van der Waals surface area contributed by atoms with Crippen molar-refractivity contribution in [3.63, 3.8) is 0 Å². The number of carbonyl (C=O) groups is 2. The molecule has 0 aliphatic carbocycles. The molecule has 1 N–H and O–H groups in total. The quantitative estimate of drug-likeness (QED) is 0.605. The van der Waals surface area contributed by atoms with Gasteiger partial charge in [0, 0.05) is 10.7 Å². The highest BCUT2D eigenvalue weighted by Gasteiger charge is 2.23. The predicted molar refractivity (Wildman–Crippen MR) is 92.5 cm³/mol. The molecule has 1 aromatic carbocycles. The number of halogens is 2. The first-order valence-corrected chi connectivity index (χ1v) is 8.08. The first-order valence-electron chi connectivity index (χ1n) is 7.32. The summed E-state index contributed by atoms with van der Waals surface area (Å²) in [5.74, 6) is -0.386.